The van der Waals surface area contributed by atoms with Gasteiger partial charge in [-0.05, 0) is 34.0 Å². The van der Waals surface area contributed by atoms with Crippen molar-refractivity contribution in [1.82, 2.24) is 4.90 Å². The Morgan fingerprint density at radius 3 is 2.19 bits per heavy atom. The van der Waals surface area contributed by atoms with Crippen molar-refractivity contribution < 1.29 is 8.78 Å². The van der Waals surface area contributed by atoms with E-state index in [-0.39, 0.29) is 6.04 Å². The lowest BCUT2D eigenvalue weighted by Gasteiger charge is -2.36. The minimum absolute atomic E-state index is 0.298. The van der Waals surface area contributed by atoms with Crippen molar-refractivity contribution in [2.75, 3.05) is 14.1 Å². The van der Waals surface area contributed by atoms with E-state index in [9.17, 15) is 8.78 Å². The summed E-state index contributed by atoms with van der Waals surface area (Å²) in [6, 6.07) is 3.29. The van der Waals surface area contributed by atoms with Gasteiger partial charge in [-0.3, -0.25) is 0 Å². The van der Waals surface area contributed by atoms with Crippen LogP contribution >= 0.6 is 0 Å². The van der Waals surface area contributed by atoms with Crippen LogP contribution in [0.25, 0.3) is 0 Å². The summed E-state index contributed by atoms with van der Waals surface area (Å²) < 4.78 is 26.5. The Morgan fingerprint density at radius 1 is 1.25 bits per heavy atom. The van der Waals surface area contributed by atoms with E-state index in [1.54, 1.807) is 0 Å². The van der Waals surface area contributed by atoms with E-state index in [1.807, 2.05) is 32.8 Å². The molecule has 0 radical (unpaired) electrons. The second-order valence-corrected chi connectivity index (χ2v) is 4.85. The Balaban J connectivity index is 3.22. The summed E-state index contributed by atoms with van der Waals surface area (Å²) >= 11 is 0. The van der Waals surface area contributed by atoms with E-state index in [0.717, 1.165) is 6.07 Å². The third kappa shape index (κ3) is 2.77. The zero-order valence-electron chi connectivity index (χ0n) is 10.1. The molecule has 1 atom stereocenters. The molecule has 4 heteroatoms. The van der Waals surface area contributed by atoms with E-state index in [4.69, 9.17) is 5.73 Å². The molecule has 0 heterocycles. The first kappa shape index (κ1) is 13.1. The Kier molecular flexibility index (Phi) is 3.65. The molecule has 0 aliphatic carbocycles. The van der Waals surface area contributed by atoms with Crippen molar-refractivity contribution in [2.45, 2.75) is 25.4 Å². The first-order valence-electron chi connectivity index (χ1n) is 5.13. The fraction of sp³-hybridized carbons (Fsp3) is 0.500. The second kappa shape index (κ2) is 4.47. The van der Waals surface area contributed by atoms with Crippen LogP contribution in [0.4, 0.5) is 8.78 Å². The van der Waals surface area contributed by atoms with Crippen LogP contribution in [0.1, 0.15) is 25.5 Å². The molecule has 2 nitrogen and oxygen atoms in total. The fourth-order valence-corrected chi connectivity index (χ4v) is 2.07. The van der Waals surface area contributed by atoms with Crippen LogP contribution in [0.2, 0.25) is 0 Å². The minimum atomic E-state index is -0.609. The van der Waals surface area contributed by atoms with E-state index in [0.29, 0.717) is 5.56 Å². The lowest BCUT2D eigenvalue weighted by molar-refractivity contribution is 0.199. The lowest BCUT2D eigenvalue weighted by Crippen LogP contribution is -2.46. The highest BCUT2D eigenvalue weighted by Crippen LogP contribution is 2.30. The third-order valence-corrected chi connectivity index (χ3v) is 2.48. The van der Waals surface area contributed by atoms with Gasteiger partial charge in [0.2, 0.25) is 0 Å². The van der Waals surface area contributed by atoms with Crippen LogP contribution in [0.15, 0.2) is 18.2 Å². The van der Waals surface area contributed by atoms with Crippen molar-refractivity contribution in [2.24, 2.45) is 5.73 Å². The highest BCUT2D eigenvalue weighted by Gasteiger charge is 2.30. The van der Waals surface area contributed by atoms with Crippen LogP contribution in [0.3, 0.4) is 0 Å². The number of halogens is 2. The maximum Gasteiger partial charge on any atom is 0.130 e. The number of likely N-dealkylation sites (N-methyl/N-ethyl adjacent to an activating group) is 1. The van der Waals surface area contributed by atoms with Crippen LogP contribution < -0.4 is 5.73 Å². The van der Waals surface area contributed by atoms with Gasteiger partial charge in [-0.2, -0.15) is 0 Å². The van der Waals surface area contributed by atoms with Crippen LogP contribution in [0, 0.1) is 11.6 Å². The van der Waals surface area contributed by atoms with E-state index < -0.39 is 17.2 Å². The molecule has 0 bridgehead atoms. The van der Waals surface area contributed by atoms with E-state index >= 15 is 0 Å². The molecule has 16 heavy (non-hydrogen) atoms. The molecule has 0 fully saturated rings. The molecule has 90 valence electrons. The van der Waals surface area contributed by atoms with Crippen molar-refractivity contribution in [3.8, 4) is 0 Å². The molecule has 0 spiro atoms. The summed E-state index contributed by atoms with van der Waals surface area (Å²) in [4.78, 5) is 1.83. The smallest absolute Gasteiger partial charge is 0.130 e. The quantitative estimate of drug-likeness (QED) is 0.860. The predicted octanol–water partition coefficient (Wildman–Crippen LogP) is 2.30. The Bertz CT molecular complexity index is 370. The number of hydrogen-bond donors (Lipinski definition) is 1. The van der Waals surface area contributed by atoms with Gasteiger partial charge in [0.05, 0.1) is 6.04 Å². The average Bonchev–Trinajstić information content (AvgIpc) is 2.06. The molecular weight excluding hydrogens is 210 g/mol. The van der Waals surface area contributed by atoms with Crippen molar-refractivity contribution >= 4 is 0 Å². The molecule has 1 unspecified atom stereocenters. The lowest BCUT2D eigenvalue weighted by atomic mass is 9.88. The molecule has 0 aliphatic rings. The summed E-state index contributed by atoms with van der Waals surface area (Å²) in [7, 11) is 3.64. The second-order valence-electron chi connectivity index (χ2n) is 4.85. The van der Waals surface area contributed by atoms with Gasteiger partial charge in [0.25, 0.3) is 0 Å². The van der Waals surface area contributed by atoms with E-state index in [2.05, 4.69) is 0 Å². The van der Waals surface area contributed by atoms with Gasteiger partial charge in [-0.1, -0.05) is 6.07 Å². The fourth-order valence-electron chi connectivity index (χ4n) is 2.07. The van der Waals surface area contributed by atoms with Gasteiger partial charge in [-0.15, -0.1) is 0 Å². The maximum absolute atomic E-state index is 13.7. The summed E-state index contributed by atoms with van der Waals surface area (Å²) in [5.41, 5.74) is 5.82. The molecule has 0 aliphatic heterocycles. The molecule has 0 saturated heterocycles. The van der Waals surface area contributed by atoms with Gasteiger partial charge in [0.1, 0.15) is 11.6 Å². The number of nitrogens with two attached hydrogens (primary N) is 1. The van der Waals surface area contributed by atoms with Crippen LogP contribution in [-0.2, 0) is 0 Å². The molecule has 2 N–H and O–H groups in total. The van der Waals surface area contributed by atoms with Gasteiger partial charge in [0.15, 0.2) is 0 Å². The first-order chi connectivity index (χ1) is 7.23. The Labute approximate surface area is 95.1 Å². The summed E-state index contributed by atoms with van der Waals surface area (Å²) in [5, 5.41) is 0. The number of benzene rings is 1. The number of nitrogens with zero attached hydrogens (tertiary/aromatic N) is 1. The molecule has 0 amide bonds. The van der Waals surface area contributed by atoms with Gasteiger partial charge in [0, 0.05) is 17.2 Å². The molecular formula is C12H18F2N2. The zero-order valence-corrected chi connectivity index (χ0v) is 10.1. The summed E-state index contributed by atoms with van der Waals surface area (Å²) in [6.07, 6.45) is 0. The normalized spacial score (nSPS) is 14.2. The standard InChI is InChI=1S/C12H18F2N2/c1-12(2,15)11(16(3)4)9-6-5-8(13)7-10(9)14/h5-7,11H,15H2,1-4H3. The Hall–Kier alpha value is -1.00. The highest BCUT2D eigenvalue weighted by atomic mass is 19.1. The maximum atomic E-state index is 13.7. The molecule has 0 aromatic heterocycles. The van der Waals surface area contributed by atoms with Crippen LogP contribution in [-0.4, -0.2) is 24.5 Å². The molecule has 0 saturated carbocycles. The molecule has 1 aromatic rings. The highest BCUT2D eigenvalue weighted by molar-refractivity contribution is 5.25. The Morgan fingerprint density at radius 2 is 1.81 bits per heavy atom. The van der Waals surface area contributed by atoms with Gasteiger partial charge in [-0.25, -0.2) is 8.78 Å². The molecule has 1 rings (SSSR count). The summed E-state index contributed by atoms with van der Waals surface area (Å²) in [5.74, 6) is -1.13. The molecule has 1 aromatic carbocycles. The van der Waals surface area contributed by atoms with E-state index in [1.165, 1.54) is 12.1 Å². The van der Waals surface area contributed by atoms with Gasteiger partial charge < -0.3 is 10.6 Å². The number of rotatable bonds is 3. The zero-order chi connectivity index (χ0) is 12.5. The van der Waals surface area contributed by atoms with Crippen molar-refractivity contribution in [3.05, 3.63) is 35.4 Å². The topological polar surface area (TPSA) is 29.3 Å². The third-order valence-electron chi connectivity index (χ3n) is 2.48. The first-order valence-corrected chi connectivity index (χ1v) is 5.13. The van der Waals surface area contributed by atoms with Crippen molar-refractivity contribution in [3.63, 3.8) is 0 Å². The van der Waals surface area contributed by atoms with Gasteiger partial charge >= 0.3 is 0 Å². The average molecular weight is 228 g/mol. The van der Waals surface area contributed by atoms with Crippen molar-refractivity contribution in [1.29, 1.82) is 0 Å². The van der Waals surface area contributed by atoms with Crippen LogP contribution in [0.5, 0.6) is 0 Å². The summed E-state index contributed by atoms with van der Waals surface area (Å²) in [6.45, 7) is 3.64. The minimum Gasteiger partial charge on any atom is -0.324 e. The number of hydrogen-bond acceptors (Lipinski definition) is 2. The predicted molar refractivity (Wildman–Crippen MR) is 61.1 cm³/mol. The SMILES string of the molecule is CN(C)C(c1ccc(F)cc1F)C(C)(C)N. The monoisotopic (exact) mass is 228 g/mol. The largest absolute Gasteiger partial charge is 0.324 e.